The first-order chi connectivity index (χ1) is 15.6. The summed E-state index contributed by atoms with van der Waals surface area (Å²) in [7, 11) is 0. The summed E-state index contributed by atoms with van der Waals surface area (Å²) in [5.41, 5.74) is -0.979. The zero-order chi connectivity index (χ0) is 23.2. The molecule has 1 unspecified atom stereocenters. The number of aromatic nitrogens is 2. The number of amides is 1. The zero-order valence-electron chi connectivity index (χ0n) is 17.7. The molecule has 4 fully saturated rings. The van der Waals surface area contributed by atoms with Gasteiger partial charge in [0.15, 0.2) is 17.1 Å². The Kier molecular flexibility index (Phi) is 4.63. The van der Waals surface area contributed by atoms with E-state index in [2.05, 4.69) is 4.98 Å². The molecule has 0 bridgehead atoms. The van der Waals surface area contributed by atoms with Gasteiger partial charge in [-0.15, -0.1) is 0 Å². The lowest BCUT2D eigenvalue weighted by Gasteiger charge is -2.48. The van der Waals surface area contributed by atoms with Crippen molar-refractivity contribution in [3.63, 3.8) is 0 Å². The van der Waals surface area contributed by atoms with Crippen LogP contribution in [0, 0.1) is 5.41 Å². The Morgan fingerprint density at radius 1 is 1.21 bits per heavy atom. The van der Waals surface area contributed by atoms with Crippen LogP contribution in [0.25, 0.3) is 5.65 Å². The van der Waals surface area contributed by atoms with Crippen LogP contribution in [0.1, 0.15) is 59.6 Å². The summed E-state index contributed by atoms with van der Waals surface area (Å²) in [5, 5.41) is 10.6. The van der Waals surface area contributed by atoms with Crippen LogP contribution in [-0.2, 0) is 15.7 Å². The van der Waals surface area contributed by atoms with Gasteiger partial charge in [0.2, 0.25) is 0 Å². The van der Waals surface area contributed by atoms with Gasteiger partial charge in [-0.25, -0.2) is 4.98 Å². The molecule has 2 aliphatic heterocycles. The summed E-state index contributed by atoms with van der Waals surface area (Å²) in [6, 6.07) is 1.10. The molecule has 33 heavy (non-hydrogen) atoms. The Hall–Kier alpha value is -1.88. The highest BCUT2D eigenvalue weighted by molar-refractivity contribution is 6.33. The molecule has 4 aliphatic rings. The molecule has 11 heteroatoms. The molecule has 2 saturated carbocycles. The summed E-state index contributed by atoms with van der Waals surface area (Å²) in [6.45, 7) is 1.14. The van der Waals surface area contributed by atoms with Crippen molar-refractivity contribution in [3.8, 4) is 0 Å². The molecular formula is C22H23ClF3N3O4. The fourth-order valence-corrected chi connectivity index (χ4v) is 5.04. The number of rotatable bonds is 2. The van der Waals surface area contributed by atoms with Crippen molar-refractivity contribution in [2.75, 3.05) is 26.3 Å². The van der Waals surface area contributed by atoms with Crippen molar-refractivity contribution in [1.29, 1.82) is 0 Å². The van der Waals surface area contributed by atoms with Crippen molar-refractivity contribution in [1.82, 2.24) is 14.3 Å². The predicted molar refractivity (Wildman–Crippen MR) is 110 cm³/mol. The number of alkyl halides is 3. The highest BCUT2D eigenvalue weighted by Gasteiger charge is 2.55. The summed E-state index contributed by atoms with van der Waals surface area (Å²) in [5.74, 6) is -1.73. The van der Waals surface area contributed by atoms with E-state index in [-0.39, 0.29) is 41.7 Å². The number of pyridine rings is 1. The van der Waals surface area contributed by atoms with Crippen molar-refractivity contribution < 1.29 is 32.5 Å². The van der Waals surface area contributed by atoms with Crippen LogP contribution in [0.4, 0.5) is 13.2 Å². The number of ether oxygens (including phenoxy) is 2. The number of halogens is 4. The number of nitrogens with zero attached hydrogens (tertiary/aromatic N) is 3. The summed E-state index contributed by atoms with van der Waals surface area (Å²) in [4.78, 5) is 18.6. The number of fused-ring (bicyclic) bond motifs is 1. The second kappa shape index (κ2) is 7.07. The number of hydrogen-bond acceptors (Lipinski definition) is 5. The van der Waals surface area contributed by atoms with E-state index >= 15 is 0 Å². The molecule has 1 N–H and O–H groups in total. The lowest BCUT2D eigenvalue weighted by atomic mass is 9.97. The molecule has 2 spiro atoms. The third-order valence-electron chi connectivity index (χ3n) is 7.36. The first-order valence-electron chi connectivity index (χ1n) is 11.1. The molecule has 2 aliphatic carbocycles. The average molecular weight is 486 g/mol. The SMILES string of the molecule is O=C(c1nc2c(C(F)(F)F)cc(C3CC3)cn2c1Cl)N1CCC2(OCC3(CC3)CO2)C(O)C1. The number of hydrogen-bond donors (Lipinski definition) is 1. The van der Waals surface area contributed by atoms with E-state index < -0.39 is 35.2 Å². The van der Waals surface area contributed by atoms with Gasteiger partial charge in [-0.2, -0.15) is 13.2 Å². The number of β-amino-alcohol motifs (C(OH)–C–C–N with tert-alkyl or cyclic N) is 1. The minimum absolute atomic E-state index is 0.0619. The Morgan fingerprint density at radius 2 is 1.91 bits per heavy atom. The smallest absolute Gasteiger partial charge is 0.386 e. The minimum Gasteiger partial charge on any atom is -0.386 e. The predicted octanol–water partition coefficient (Wildman–Crippen LogP) is 3.61. The second-order valence-electron chi connectivity index (χ2n) is 9.81. The number of carbonyl (C=O) groups is 1. The van der Waals surface area contributed by atoms with Gasteiger partial charge in [0, 0.05) is 24.6 Å². The van der Waals surface area contributed by atoms with E-state index in [9.17, 15) is 23.1 Å². The molecule has 6 rings (SSSR count). The van der Waals surface area contributed by atoms with E-state index in [1.54, 1.807) is 0 Å². The van der Waals surface area contributed by atoms with Crippen molar-refractivity contribution in [3.05, 3.63) is 34.2 Å². The fraction of sp³-hybridized carbons (Fsp3) is 0.636. The normalized spacial score (nSPS) is 26.3. The van der Waals surface area contributed by atoms with Crippen LogP contribution in [0.3, 0.4) is 0 Å². The van der Waals surface area contributed by atoms with Crippen LogP contribution < -0.4 is 0 Å². The molecular weight excluding hydrogens is 463 g/mol. The van der Waals surface area contributed by atoms with E-state index in [1.807, 2.05) is 0 Å². The quantitative estimate of drug-likeness (QED) is 0.703. The molecule has 4 heterocycles. The lowest BCUT2D eigenvalue weighted by Crippen LogP contribution is -2.62. The molecule has 7 nitrogen and oxygen atoms in total. The Balaban J connectivity index is 1.28. The number of carbonyl (C=O) groups excluding carboxylic acids is 1. The van der Waals surface area contributed by atoms with Crippen LogP contribution in [-0.4, -0.2) is 63.5 Å². The average Bonchev–Trinajstić information content (AvgIpc) is 3.71. The van der Waals surface area contributed by atoms with E-state index in [4.69, 9.17) is 21.1 Å². The summed E-state index contributed by atoms with van der Waals surface area (Å²) >= 11 is 6.38. The van der Waals surface area contributed by atoms with Crippen molar-refractivity contribution in [2.24, 2.45) is 5.41 Å². The topological polar surface area (TPSA) is 76.3 Å². The third-order valence-corrected chi connectivity index (χ3v) is 7.72. The van der Waals surface area contributed by atoms with Gasteiger partial charge in [0.25, 0.3) is 5.91 Å². The van der Waals surface area contributed by atoms with Crippen molar-refractivity contribution in [2.45, 2.75) is 56.1 Å². The van der Waals surface area contributed by atoms with Gasteiger partial charge in [-0.05, 0) is 43.2 Å². The Morgan fingerprint density at radius 3 is 2.48 bits per heavy atom. The van der Waals surface area contributed by atoms with Gasteiger partial charge in [0.05, 0.1) is 25.3 Å². The van der Waals surface area contributed by atoms with Gasteiger partial charge < -0.3 is 19.5 Å². The van der Waals surface area contributed by atoms with Gasteiger partial charge in [0.1, 0.15) is 11.3 Å². The maximum atomic E-state index is 13.7. The van der Waals surface area contributed by atoms with E-state index in [1.165, 1.54) is 11.1 Å². The maximum absolute atomic E-state index is 13.7. The van der Waals surface area contributed by atoms with Gasteiger partial charge in [-0.3, -0.25) is 9.20 Å². The first kappa shape index (κ1) is 21.6. The minimum atomic E-state index is -4.64. The molecule has 0 aromatic carbocycles. The highest BCUT2D eigenvalue weighted by atomic mass is 35.5. The molecule has 1 amide bonds. The number of piperidine rings is 1. The summed E-state index contributed by atoms with van der Waals surface area (Å²) < 4.78 is 54.2. The van der Waals surface area contributed by atoms with Gasteiger partial charge in [-0.1, -0.05) is 11.6 Å². The molecule has 2 aromatic rings. The number of likely N-dealkylation sites (tertiary alicyclic amines) is 1. The first-order valence-corrected chi connectivity index (χ1v) is 11.5. The van der Waals surface area contributed by atoms with Crippen molar-refractivity contribution >= 4 is 23.2 Å². The standard InChI is InChI=1S/C22H23ClF3N3O4/c23-17-16(27-18-14(22(24,25)26)7-13(8-29(17)18)12-1-2-12)19(31)28-6-5-21(15(30)9-28)32-10-20(3-4-20)11-33-21/h7-8,12,15,30H,1-6,9-11H2. The highest BCUT2D eigenvalue weighted by Crippen LogP contribution is 2.51. The van der Waals surface area contributed by atoms with Gasteiger partial charge >= 0.3 is 6.18 Å². The molecule has 2 saturated heterocycles. The van der Waals surface area contributed by atoms with Crippen LogP contribution in [0.5, 0.6) is 0 Å². The molecule has 2 aromatic heterocycles. The number of imidazole rings is 1. The number of aliphatic hydroxyl groups excluding tert-OH is 1. The maximum Gasteiger partial charge on any atom is 0.419 e. The number of aliphatic hydroxyl groups is 1. The third kappa shape index (κ3) is 3.53. The zero-order valence-corrected chi connectivity index (χ0v) is 18.5. The summed E-state index contributed by atoms with van der Waals surface area (Å²) in [6.07, 6.45) is -0.221. The van der Waals surface area contributed by atoms with Crippen LogP contribution in [0.15, 0.2) is 12.3 Å². The fourth-order valence-electron chi connectivity index (χ4n) is 4.79. The second-order valence-corrected chi connectivity index (χ2v) is 10.2. The van der Waals surface area contributed by atoms with Crippen LogP contribution in [0.2, 0.25) is 5.15 Å². The molecule has 1 atom stereocenters. The Bertz CT molecular complexity index is 1130. The Labute approximate surface area is 192 Å². The monoisotopic (exact) mass is 485 g/mol. The van der Waals surface area contributed by atoms with E-state index in [0.29, 0.717) is 18.8 Å². The molecule has 0 radical (unpaired) electrons. The largest absolute Gasteiger partial charge is 0.419 e. The van der Waals surface area contributed by atoms with Crippen LogP contribution >= 0.6 is 11.6 Å². The molecule has 178 valence electrons. The van der Waals surface area contributed by atoms with E-state index in [0.717, 1.165) is 36.2 Å². The lowest BCUT2D eigenvalue weighted by molar-refractivity contribution is -0.336.